The van der Waals surface area contributed by atoms with Crippen molar-refractivity contribution in [2.45, 2.75) is 45.6 Å². The minimum Gasteiger partial charge on any atom is -0.328 e. The number of hydrogen-bond donors (Lipinski definition) is 1. The van der Waals surface area contributed by atoms with Crippen molar-refractivity contribution in [3.63, 3.8) is 0 Å². The molecule has 0 heterocycles. The lowest BCUT2D eigenvalue weighted by Crippen LogP contribution is -2.14. The number of nitrogens with two attached hydrogens (primary N) is 1. The molecule has 74 valence electrons. The van der Waals surface area contributed by atoms with Crippen LogP contribution >= 0.6 is 0 Å². The zero-order valence-electron chi connectivity index (χ0n) is 8.21. The maximum Gasteiger partial charge on any atom is 0.0234 e. The average molecular weight is 191 g/mol. The topological polar surface area (TPSA) is 43.1 Å². The molecule has 0 saturated carbocycles. The summed E-state index contributed by atoms with van der Waals surface area (Å²) in [6.07, 6.45) is 4.27. The van der Waals surface area contributed by atoms with Gasteiger partial charge in [0.2, 0.25) is 0 Å². The average Bonchev–Trinajstić information content (AvgIpc) is 1.98. The summed E-state index contributed by atoms with van der Waals surface area (Å²) in [5, 5.41) is 0. The fourth-order valence-corrected chi connectivity index (χ4v) is 2.24. The Balaban J connectivity index is 3.14. The van der Waals surface area contributed by atoms with E-state index in [2.05, 4.69) is 6.92 Å². The molecule has 0 radical (unpaired) electrons. The van der Waals surface area contributed by atoms with Crippen molar-refractivity contribution < 1.29 is 4.21 Å². The van der Waals surface area contributed by atoms with Crippen molar-refractivity contribution in [3.05, 3.63) is 0 Å². The van der Waals surface area contributed by atoms with Crippen LogP contribution in [0, 0.1) is 0 Å². The number of hydrogen-bond acceptors (Lipinski definition) is 2. The second-order valence-corrected chi connectivity index (χ2v) is 5.02. The first kappa shape index (κ1) is 12.1. The largest absolute Gasteiger partial charge is 0.328 e. The molecule has 0 aliphatic carbocycles. The van der Waals surface area contributed by atoms with E-state index in [0.717, 1.165) is 37.2 Å². The normalized spacial score (nSPS) is 15.9. The molecule has 2 nitrogen and oxygen atoms in total. The van der Waals surface area contributed by atoms with Crippen molar-refractivity contribution in [2.24, 2.45) is 5.73 Å². The van der Waals surface area contributed by atoms with Gasteiger partial charge < -0.3 is 5.73 Å². The monoisotopic (exact) mass is 191 g/mol. The van der Waals surface area contributed by atoms with Crippen molar-refractivity contribution in [1.82, 2.24) is 0 Å². The maximum atomic E-state index is 11.2. The minimum absolute atomic E-state index is 0.296. The fourth-order valence-electron chi connectivity index (χ4n) is 1.06. The Morgan fingerprint density at radius 2 is 2.00 bits per heavy atom. The van der Waals surface area contributed by atoms with Gasteiger partial charge in [-0.05, 0) is 26.2 Å². The molecule has 0 aromatic rings. The highest BCUT2D eigenvalue weighted by molar-refractivity contribution is 7.84. The first-order valence-electron chi connectivity index (χ1n) is 4.77. The van der Waals surface area contributed by atoms with Crippen LogP contribution in [0.2, 0.25) is 0 Å². The summed E-state index contributed by atoms with van der Waals surface area (Å²) < 4.78 is 11.2. The highest BCUT2D eigenvalue weighted by Crippen LogP contribution is 2.00. The molecule has 2 unspecified atom stereocenters. The highest BCUT2D eigenvalue weighted by Gasteiger charge is 1.98. The number of rotatable bonds is 7. The van der Waals surface area contributed by atoms with Gasteiger partial charge in [-0.15, -0.1) is 0 Å². The lowest BCUT2D eigenvalue weighted by molar-refractivity contribution is 0.613. The third-order valence-corrected chi connectivity index (χ3v) is 3.32. The van der Waals surface area contributed by atoms with Crippen LogP contribution in [0.15, 0.2) is 0 Å². The van der Waals surface area contributed by atoms with Gasteiger partial charge in [0.25, 0.3) is 0 Å². The van der Waals surface area contributed by atoms with Crippen molar-refractivity contribution in [2.75, 3.05) is 11.5 Å². The summed E-state index contributed by atoms with van der Waals surface area (Å²) in [5.74, 6) is 1.72. The first-order valence-corrected chi connectivity index (χ1v) is 6.26. The first-order chi connectivity index (χ1) is 5.66. The molecule has 0 aliphatic heterocycles. The van der Waals surface area contributed by atoms with Gasteiger partial charge in [-0.1, -0.05) is 13.3 Å². The van der Waals surface area contributed by atoms with E-state index < -0.39 is 10.8 Å². The zero-order chi connectivity index (χ0) is 9.40. The van der Waals surface area contributed by atoms with E-state index in [1.807, 2.05) is 6.92 Å². The van der Waals surface area contributed by atoms with Gasteiger partial charge in [-0.25, -0.2) is 0 Å². The van der Waals surface area contributed by atoms with E-state index in [4.69, 9.17) is 5.73 Å². The van der Waals surface area contributed by atoms with Crippen LogP contribution in [0.25, 0.3) is 0 Å². The second kappa shape index (κ2) is 7.74. The summed E-state index contributed by atoms with van der Waals surface area (Å²) >= 11 is 0. The van der Waals surface area contributed by atoms with E-state index >= 15 is 0 Å². The lowest BCUT2D eigenvalue weighted by atomic mass is 10.2. The summed E-state index contributed by atoms with van der Waals surface area (Å²) in [5.41, 5.74) is 5.59. The smallest absolute Gasteiger partial charge is 0.0234 e. The predicted molar refractivity (Wildman–Crippen MR) is 55.7 cm³/mol. The molecule has 0 saturated heterocycles. The van der Waals surface area contributed by atoms with Gasteiger partial charge in [0, 0.05) is 28.3 Å². The van der Waals surface area contributed by atoms with Crippen LogP contribution in [0.1, 0.15) is 39.5 Å². The van der Waals surface area contributed by atoms with Gasteiger partial charge >= 0.3 is 0 Å². The molecule has 2 atom stereocenters. The molecule has 0 fully saturated rings. The third kappa shape index (κ3) is 8.21. The maximum absolute atomic E-state index is 11.2. The van der Waals surface area contributed by atoms with E-state index in [1.54, 1.807) is 0 Å². The van der Waals surface area contributed by atoms with Crippen LogP contribution in [0.5, 0.6) is 0 Å². The van der Waals surface area contributed by atoms with Gasteiger partial charge in [0.1, 0.15) is 0 Å². The van der Waals surface area contributed by atoms with Gasteiger partial charge in [0.05, 0.1) is 0 Å². The van der Waals surface area contributed by atoms with Crippen molar-refractivity contribution >= 4 is 10.8 Å². The summed E-state index contributed by atoms with van der Waals surface area (Å²) in [7, 11) is -0.576. The molecule has 0 amide bonds. The third-order valence-electron chi connectivity index (χ3n) is 1.71. The van der Waals surface area contributed by atoms with E-state index in [0.29, 0.717) is 6.04 Å². The molecule has 0 aromatic heterocycles. The van der Waals surface area contributed by atoms with Gasteiger partial charge in [-0.2, -0.15) is 0 Å². The quantitative estimate of drug-likeness (QED) is 0.622. The van der Waals surface area contributed by atoms with Crippen LogP contribution < -0.4 is 5.73 Å². The van der Waals surface area contributed by atoms with Crippen LogP contribution in [0.4, 0.5) is 0 Å². The Morgan fingerprint density at radius 3 is 2.50 bits per heavy atom. The van der Waals surface area contributed by atoms with Crippen LogP contribution in [-0.2, 0) is 10.8 Å². The SMILES string of the molecule is CCCS(=O)CCCCC(C)N. The molecule has 12 heavy (non-hydrogen) atoms. The van der Waals surface area contributed by atoms with Gasteiger partial charge in [0.15, 0.2) is 0 Å². The summed E-state index contributed by atoms with van der Waals surface area (Å²) in [4.78, 5) is 0. The molecule has 0 spiro atoms. The second-order valence-electron chi connectivity index (χ2n) is 3.32. The Labute approximate surface area is 78.4 Å². The van der Waals surface area contributed by atoms with Gasteiger partial charge in [-0.3, -0.25) is 4.21 Å². The molecule has 0 aliphatic rings. The molecule has 3 heteroatoms. The lowest BCUT2D eigenvalue weighted by Gasteiger charge is -2.03. The molecular formula is C9H21NOS. The zero-order valence-corrected chi connectivity index (χ0v) is 9.03. The molecule has 2 N–H and O–H groups in total. The highest BCUT2D eigenvalue weighted by atomic mass is 32.2. The molecule has 0 bridgehead atoms. The fraction of sp³-hybridized carbons (Fsp3) is 1.00. The summed E-state index contributed by atoms with van der Waals surface area (Å²) in [6.45, 7) is 4.09. The Hall–Kier alpha value is 0.110. The predicted octanol–water partition coefficient (Wildman–Crippen LogP) is 1.66. The van der Waals surface area contributed by atoms with E-state index in [9.17, 15) is 4.21 Å². The number of unbranched alkanes of at least 4 members (excludes halogenated alkanes) is 1. The van der Waals surface area contributed by atoms with E-state index in [1.165, 1.54) is 0 Å². The Kier molecular flexibility index (Phi) is 7.81. The Bertz CT molecular complexity index is 126. The van der Waals surface area contributed by atoms with Crippen LogP contribution in [-0.4, -0.2) is 21.8 Å². The molecular weight excluding hydrogens is 170 g/mol. The molecule has 0 rings (SSSR count). The molecule has 0 aromatic carbocycles. The van der Waals surface area contributed by atoms with Crippen LogP contribution in [0.3, 0.4) is 0 Å². The standard InChI is InChI=1S/C9H21NOS/c1-3-7-12(11)8-5-4-6-9(2)10/h9H,3-8,10H2,1-2H3. The van der Waals surface area contributed by atoms with Crippen molar-refractivity contribution in [1.29, 1.82) is 0 Å². The minimum atomic E-state index is -0.576. The van der Waals surface area contributed by atoms with Crippen molar-refractivity contribution in [3.8, 4) is 0 Å². The summed E-state index contributed by atoms with van der Waals surface area (Å²) in [6, 6.07) is 0.296. The Morgan fingerprint density at radius 1 is 1.33 bits per heavy atom. The van der Waals surface area contributed by atoms with E-state index in [-0.39, 0.29) is 0 Å².